The smallest absolute Gasteiger partial charge is 0.225 e. The predicted molar refractivity (Wildman–Crippen MR) is 98.4 cm³/mol. The third kappa shape index (κ3) is 2.87. The molecule has 1 aliphatic rings. The molecular weight excluding hydrogens is 345 g/mol. The average Bonchev–Trinajstić information content (AvgIpc) is 2.98. The average molecular weight is 362 g/mol. The summed E-state index contributed by atoms with van der Waals surface area (Å²) in [5.74, 6) is 1.30. The molecule has 1 aliphatic heterocycles. The molecular formula is C18H17ClFN3S. The summed E-state index contributed by atoms with van der Waals surface area (Å²) in [6, 6.07) is 6.57. The predicted octanol–water partition coefficient (Wildman–Crippen LogP) is 5.39. The van der Waals surface area contributed by atoms with Gasteiger partial charge in [-0.25, -0.2) is 9.37 Å². The summed E-state index contributed by atoms with van der Waals surface area (Å²) in [7, 11) is 0. The number of fused-ring (bicyclic) bond motifs is 1. The van der Waals surface area contributed by atoms with Crippen LogP contribution in [0.1, 0.15) is 19.8 Å². The Hall–Kier alpha value is -1.72. The Balaban J connectivity index is 1.89. The van der Waals surface area contributed by atoms with Crippen LogP contribution in [0.15, 0.2) is 29.6 Å². The molecule has 1 fully saturated rings. The Bertz CT molecular complexity index is 878. The molecule has 124 valence electrons. The van der Waals surface area contributed by atoms with Crippen molar-refractivity contribution in [3.8, 4) is 11.1 Å². The molecule has 24 heavy (non-hydrogen) atoms. The van der Waals surface area contributed by atoms with Crippen molar-refractivity contribution in [2.45, 2.75) is 19.8 Å². The second-order valence-corrected chi connectivity index (χ2v) is 7.54. The molecule has 0 N–H and O–H groups in total. The van der Waals surface area contributed by atoms with Gasteiger partial charge in [-0.2, -0.15) is 4.98 Å². The van der Waals surface area contributed by atoms with Gasteiger partial charge in [-0.3, -0.25) is 0 Å². The Labute approximate surface area is 149 Å². The van der Waals surface area contributed by atoms with Crippen molar-refractivity contribution in [3.63, 3.8) is 0 Å². The number of hydrogen-bond acceptors (Lipinski definition) is 4. The minimum absolute atomic E-state index is 0.234. The molecule has 0 bridgehead atoms. The zero-order chi connectivity index (χ0) is 16.7. The minimum Gasteiger partial charge on any atom is -0.356 e. The van der Waals surface area contributed by atoms with Crippen LogP contribution in [0, 0.1) is 11.7 Å². The highest BCUT2D eigenvalue weighted by Crippen LogP contribution is 2.39. The Kier molecular flexibility index (Phi) is 4.14. The number of hydrogen-bond donors (Lipinski definition) is 0. The Morgan fingerprint density at radius 3 is 2.79 bits per heavy atom. The van der Waals surface area contributed by atoms with Crippen molar-refractivity contribution >= 4 is 39.0 Å². The number of rotatable bonds is 2. The van der Waals surface area contributed by atoms with Gasteiger partial charge in [-0.1, -0.05) is 19.1 Å². The van der Waals surface area contributed by atoms with Crippen LogP contribution in [0.2, 0.25) is 5.28 Å². The molecule has 1 atom stereocenters. The van der Waals surface area contributed by atoms with E-state index in [4.69, 9.17) is 11.6 Å². The fourth-order valence-corrected chi connectivity index (χ4v) is 4.51. The van der Waals surface area contributed by atoms with Crippen molar-refractivity contribution in [3.05, 3.63) is 40.7 Å². The topological polar surface area (TPSA) is 29.0 Å². The lowest BCUT2D eigenvalue weighted by atomic mass is 9.99. The molecule has 0 radical (unpaired) electrons. The highest BCUT2D eigenvalue weighted by molar-refractivity contribution is 7.17. The molecule has 6 heteroatoms. The van der Waals surface area contributed by atoms with Crippen molar-refractivity contribution in [1.82, 2.24) is 9.97 Å². The van der Waals surface area contributed by atoms with Gasteiger partial charge in [-0.15, -0.1) is 11.3 Å². The van der Waals surface area contributed by atoms with Gasteiger partial charge in [0.25, 0.3) is 0 Å². The van der Waals surface area contributed by atoms with E-state index < -0.39 is 0 Å². The number of nitrogens with zero attached hydrogens (tertiary/aromatic N) is 3. The van der Waals surface area contributed by atoms with Gasteiger partial charge in [-0.05, 0) is 48.1 Å². The van der Waals surface area contributed by atoms with E-state index in [0.29, 0.717) is 5.92 Å². The highest BCUT2D eigenvalue weighted by Gasteiger charge is 2.23. The lowest BCUT2D eigenvalue weighted by Crippen LogP contribution is -2.35. The fraction of sp³-hybridized carbons (Fsp3) is 0.333. The van der Waals surface area contributed by atoms with E-state index >= 15 is 0 Å². The minimum atomic E-state index is -0.234. The molecule has 3 nitrogen and oxygen atoms in total. The number of benzene rings is 1. The Morgan fingerprint density at radius 1 is 1.25 bits per heavy atom. The third-order valence-electron chi connectivity index (χ3n) is 4.50. The van der Waals surface area contributed by atoms with Gasteiger partial charge < -0.3 is 4.90 Å². The van der Waals surface area contributed by atoms with Gasteiger partial charge in [0.1, 0.15) is 16.5 Å². The largest absolute Gasteiger partial charge is 0.356 e. The molecule has 1 saturated heterocycles. The van der Waals surface area contributed by atoms with Crippen LogP contribution in [0.25, 0.3) is 21.3 Å². The van der Waals surface area contributed by atoms with Crippen molar-refractivity contribution < 1.29 is 4.39 Å². The quantitative estimate of drug-likeness (QED) is 0.573. The summed E-state index contributed by atoms with van der Waals surface area (Å²) < 4.78 is 13.3. The standard InChI is InChI=1S/C18H17ClFN3S/c1-11-3-2-8-23(9-11)16-15-14(12-4-6-13(20)7-5-12)10-24-17(15)22-18(19)21-16/h4-7,10-11H,2-3,8-9H2,1H3. The maximum Gasteiger partial charge on any atom is 0.225 e. The SMILES string of the molecule is CC1CCCN(c2nc(Cl)nc3scc(-c4ccc(F)cc4)c23)C1. The van der Waals surface area contributed by atoms with Gasteiger partial charge in [0.2, 0.25) is 5.28 Å². The normalized spacial score (nSPS) is 18.3. The molecule has 3 heterocycles. The van der Waals surface area contributed by atoms with Crippen molar-refractivity contribution in [2.24, 2.45) is 5.92 Å². The van der Waals surface area contributed by atoms with E-state index in [1.807, 2.05) is 0 Å². The first kappa shape index (κ1) is 15.8. The summed E-state index contributed by atoms with van der Waals surface area (Å²) in [6.45, 7) is 4.22. The van der Waals surface area contributed by atoms with Crippen LogP contribution in [-0.2, 0) is 0 Å². The summed E-state index contributed by atoms with van der Waals surface area (Å²) in [5, 5.41) is 3.35. The van der Waals surface area contributed by atoms with Crippen LogP contribution in [0.5, 0.6) is 0 Å². The molecule has 1 unspecified atom stereocenters. The van der Waals surface area contributed by atoms with Gasteiger partial charge in [0, 0.05) is 24.0 Å². The zero-order valence-electron chi connectivity index (χ0n) is 13.3. The molecule has 3 aromatic rings. The maximum atomic E-state index is 13.3. The first-order valence-electron chi connectivity index (χ1n) is 8.07. The summed E-state index contributed by atoms with van der Waals surface area (Å²) in [5.41, 5.74) is 2.01. The van der Waals surface area contributed by atoms with Crippen molar-refractivity contribution in [2.75, 3.05) is 18.0 Å². The number of aromatic nitrogens is 2. The summed E-state index contributed by atoms with van der Waals surface area (Å²) in [6.07, 6.45) is 2.40. The van der Waals surface area contributed by atoms with Gasteiger partial charge >= 0.3 is 0 Å². The van der Waals surface area contributed by atoms with Crippen LogP contribution < -0.4 is 4.90 Å². The lowest BCUT2D eigenvalue weighted by Gasteiger charge is -2.32. The first-order chi connectivity index (χ1) is 11.6. The third-order valence-corrected chi connectivity index (χ3v) is 5.54. The van der Waals surface area contributed by atoms with E-state index in [1.165, 1.54) is 18.6 Å². The number of halogens is 2. The molecule has 2 aromatic heterocycles. The van der Waals surface area contributed by atoms with Gasteiger partial charge in [0.05, 0.1) is 5.39 Å². The van der Waals surface area contributed by atoms with Gasteiger partial charge in [0.15, 0.2) is 0 Å². The molecule has 0 spiro atoms. The van der Waals surface area contributed by atoms with Crippen molar-refractivity contribution in [1.29, 1.82) is 0 Å². The van der Waals surface area contributed by atoms with Crippen LogP contribution in [0.4, 0.5) is 10.2 Å². The van der Waals surface area contributed by atoms with Crippen LogP contribution in [-0.4, -0.2) is 23.1 Å². The van der Waals surface area contributed by atoms with E-state index in [-0.39, 0.29) is 11.1 Å². The lowest BCUT2D eigenvalue weighted by molar-refractivity contribution is 0.445. The molecule has 4 rings (SSSR count). The molecule has 1 aromatic carbocycles. The van der Waals surface area contributed by atoms with Crippen LogP contribution >= 0.6 is 22.9 Å². The fourth-order valence-electron chi connectivity index (χ4n) is 3.35. The second-order valence-electron chi connectivity index (χ2n) is 6.35. The Morgan fingerprint density at radius 2 is 2.04 bits per heavy atom. The zero-order valence-corrected chi connectivity index (χ0v) is 14.9. The first-order valence-corrected chi connectivity index (χ1v) is 9.33. The molecule has 0 amide bonds. The summed E-state index contributed by atoms with van der Waals surface area (Å²) >= 11 is 7.71. The van der Waals surface area contributed by atoms with E-state index in [2.05, 4.69) is 27.2 Å². The maximum absolute atomic E-state index is 13.3. The summed E-state index contributed by atoms with van der Waals surface area (Å²) in [4.78, 5) is 12.1. The van der Waals surface area contributed by atoms with E-state index in [1.54, 1.807) is 23.5 Å². The second kappa shape index (κ2) is 6.30. The molecule has 0 aliphatic carbocycles. The highest BCUT2D eigenvalue weighted by atomic mass is 35.5. The van der Waals surface area contributed by atoms with Crippen LogP contribution in [0.3, 0.4) is 0 Å². The van der Waals surface area contributed by atoms with E-state index in [9.17, 15) is 4.39 Å². The number of anilines is 1. The number of thiophene rings is 1. The van der Waals surface area contributed by atoms with E-state index in [0.717, 1.165) is 46.7 Å². The molecule has 0 saturated carbocycles. The monoisotopic (exact) mass is 361 g/mol. The number of piperidine rings is 1.